The van der Waals surface area contributed by atoms with E-state index in [1.54, 1.807) is 6.07 Å². The molecule has 0 aliphatic carbocycles. The largest absolute Gasteiger partial charge is 0.453 e. The molecule has 34 heavy (non-hydrogen) atoms. The van der Waals surface area contributed by atoms with E-state index in [9.17, 15) is 9.59 Å². The number of para-hydroxylation sites is 2. The second kappa shape index (κ2) is 8.76. The number of Topliss-reactive ketones (excluding diaryl/α,β-unsaturated/α-hetero) is 1. The molecule has 0 N–H and O–H groups in total. The number of carbonyl (C=O) groups is 2. The topological polar surface area (TPSA) is 66.1 Å². The summed E-state index contributed by atoms with van der Waals surface area (Å²) in [5, 5.41) is 5.50. The first kappa shape index (κ1) is 21.9. The standard InChI is InChI=1S/C27H23N3O3S/c1-17-14-23(19(3)29(17)20-10-6-4-7-11-20)24(31)16-33-27(32)25-15-22-18(2)28-30(26(22)34-25)21-12-8-5-9-13-21/h4-15H,16H2,1-3H3. The van der Waals surface area contributed by atoms with E-state index >= 15 is 0 Å². The van der Waals surface area contributed by atoms with E-state index in [2.05, 4.69) is 5.10 Å². The van der Waals surface area contributed by atoms with Crippen molar-refractivity contribution in [1.82, 2.24) is 14.3 Å². The molecule has 0 amide bonds. The van der Waals surface area contributed by atoms with Crippen LogP contribution in [0.25, 0.3) is 21.6 Å². The van der Waals surface area contributed by atoms with Crippen molar-refractivity contribution in [2.75, 3.05) is 6.61 Å². The lowest BCUT2D eigenvalue weighted by molar-refractivity contribution is 0.0479. The fourth-order valence-electron chi connectivity index (χ4n) is 4.19. The summed E-state index contributed by atoms with van der Waals surface area (Å²) in [6.45, 7) is 5.46. The summed E-state index contributed by atoms with van der Waals surface area (Å²) in [6, 6.07) is 23.3. The number of benzene rings is 2. The Hall–Kier alpha value is -3.97. The molecule has 0 bridgehead atoms. The van der Waals surface area contributed by atoms with Crippen LogP contribution in [0.2, 0.25) is 0 Å². The average Bonchev–Trinajstić information content (AvgIpc) is 3.51. The smallest absolute Gasteiger partial charge is 0.348 e. The molecule has 0 radical (unpaired) electrons. The van der Waals surface area contributed by atoms with Gasteiger partial charge >= 0.3 is 5.97 Å². The van der Waals surface area contributed by atoms with Crippen molar-refractivity contribution < 1.29 is 14.3 Å². The van der Waals surface area contributed by atoms with Gasteiger partial charge in [0, 0.05) is 28.0 Å². The number of aromatic nitrogens is 3. The van der Waals surface area contributed by atoms with E-state index in [1.165, 1.54) is 11.3 Å². The van der Waals surface area contributed by atoms with Crippen LogP contribution in [0.5, 0.6) is 0 Å². The van der Waals surface area contributed by atoms with Crippen molar-refractivity contribution in [3.8, 4) is 11.4 Å². The molecule has 0 aliphatic heterocycles. The number of ketones is 1. The second-order valence-corrected chi connectivity index (χ2v) is 9.15. The van der Waals surface area contributed by atoms with Crippen LogP contribution in [0.3, 0.4) is 0 Å². The van der Waals surface area contributed by atoms with Gasteiger partial charge in [-0.15, -0.1) is 11.3 Å². The summed E-state index contributed by atoms with van der Waals surface area (Å²) in [5.41, 5.74) is 5.07. The van der Waals surface area contributed by atoms with Gasteiger partial charge in [0.25, 0.3) is 0 Å². The summed E-state index contributed by atoms with van der Waals surface area (Å²) in [6.07, 6.45) is 0. The van der Waals surface area contributed by atoms with Crippen LogP contribution >= 0.6 is 11.3 Å². The highest BCUT2D eigenvalue weighted by molar-refractivity contribution is 7.20. The van der Waals surface area contributed by atoms with Gasteiger partial charge in [-0.1, -0.05) is 36.4 Å². The molecule has 170 valence electrons. The van der Waals surface area contributed by atoms with Gasteiger partial charge in [0.15, 0.2) is 6.61 Å². The average molecular weight is 470 g/mol. The van der Waals surface area contributed by atoms with E-state index in [-0.39, 0.29) is 12.4 Å². The fraction of sp³-hybridized carbons (Fsp3) is 0.148. The highest BCUT2D eigenvalue weighted by atomic mass is 32.1. The molecule has 6 nitrogen and oxygen atoms in total. The summed E-state index contributed by atoms with van der Waals surface area (Å²) < 4.78 is 9.28. The minimum Gasteiger partial charge on any atom is -0.453 e. The van der Waals surface area contributed by atoms with Gasteiger partial charge in [-0.3, -0.25) is 4.79 Å². The molecule has 3 aromatic heterocycles. The maximum atomic E-state index is 12.9. The fourth-order valence-corrected chi connectivity index (χ4v) is 5.27. The van der Waals surface area contributed by atoms with Gasteiger partial charge in [-0.05, 0) is 57.2 Å². The molecule has 3 heterocycles. The molecule has 0 fully saturated rings. The summed E-state index contributed by atoms with van der Waals surface area (Å²) in [5.74, 6) is -0.734. The van der Waals surface area contributed by atoms with Crippen LogP contribution in [0, 0.1) is 20.8 Å². The Kier molecular flexibility index (Phi) is 5.63. The second-order valence-electron chi connectivity index (χ2n) is 8.12. The number of nitrogens with zero attached hydrogens (tertiary/aromatic N) is 3. The van der Waals surface area contributed by atoms with Crippen molar-refractivity contribution >= 4 is 33.3 Å². The Bertz CT molecular complexity index is 1510. The minimum atomic E-state index is -0.509. The molecular formula is C27H23N3O3S. The van der Waals surface area contributed by atoms with Gasteiger partial charge in [0.05, 0.1) is 11.4 Å². The third-order valence-corrected chi connectivity index (χ3v) is 6.92. The lowest BCUT2D eigenvalue weighted by atomic mass is 10.1. The third-order valence-electron chi connectivity index (χ3n) is 5.83. The van der Waals surface area contributed by atoms with Gasteiger partial charge < -0.3 is 9.30 Å². The first-order valence-corrected chi connectivity index (χ1v) is 11.7. The van der Waals surface area contributed by atoms with Crippen molar-refractivity contribution in [3.63, 3.8) is 0 Å². The van der Waals surface area contributed by atoms with E-state index in [1.807, 2.05) is 96.8 Å². The normalized spacial score (nSPS) is 11.1. The monoisotopic (exact) mass is 469 g/mol. The third kappa shape index (κ3) is 3.84. The molecule has 0 saturated heterocycles. The van der Waals surface area contributed by atoms with Gasteiger partial charge in [-0.2, -0.15) is 5.10 Å². The van der Waals surface area contributed by atoms with Gasteiger partial charge in [0.1, 0.15) is 9.71 Å². The molecule has 0 spiro atoms. The Balaban J connectivity index is 1.35. The zero-order valence-electron chi connectivity index (χ0n) is 19.1. The van der Waals surface area contributed by atoms with E-state index in [0.717, 1.165) is 38.7 Å². The number of carbonyl (C=O) groups excluding carboxylic acids is 2. The predicted octanol–water partition coefficient (Wildman–Crippen LogP) is 5.84. The SMILES string of the molecule is Cc1nn(-c2ccccc2)c2sc(C(=O)OCC(=O)c3cc(C)n(-c4ccccc4)c3C)cc12. The van der Waals surface area contributed by atoms with Crippen molar-refractivity contribution in [2.24, 2.45) is 0 Å². The van der Waals surface area contributed by atoms with Crippen LogP contribution in [0.15, 0.2) is 72.8 Å². The Labute approximate surface area is 201 Å². The van der Waals surface area contributed by atoms with Gasteiger partial charge in [-0.25, -0.2) is 9.48 Å². The number of rotatable bonds is 6. The summed E-state index contributed by atoms with van der Waals surface area (Å²) in [7, 11) is 0. The lowest BCUT2D eigenvalue weighted by Gasteiger charge is -2.09. The van der Waals surface area contributed by atoms with E-state index in [0.29, 0.717) is 10.4 Å². The molecule has 0 aliphatic rings. The Morgan fingerprint density at radius 1 is 0.912 bits per heavy atom. The number of esters is 1. The maximum Gasteiger partial charge on any atom is 0.348 e. The van der Waals surface area contributed by atoms with Crippen LogP contribution in [-0.4, -0.2) is 32.7 Å². The highest BCUT2D eigenvalue weighted by Gasteiger charge is 2.21. The van der Waals surface area contributed by atoms with E-state index in [4.69, 9.17) is 4.74 Å². The zero-order valence-corrected chi connectivity index (χ0v) is 19.9. The Morgan fingerprint density at radius 3 is 2.24 bits per heavy atom. The highest BCUT2D eigenvalue weighted by Crippen LogP contribution is 2.31. The van der Waals surface area contributed by atoms with Gasteiger partial charge in [0.2, 0.25) is 5.78 Å². The minimum absolute atomic E-state index is 0.226. The molecule has 0 unspecified atom stereocenters. The molecule has 0 saturated carbocycles. The number of hydrogen-bond acceptors (Lipinski definition) is 5. The quantitative estimate of drug-likeness (QED) is 0.231. The maximum absolute atomic E-state index is 12.9. The summed E-state index contributed by atoms with van der Waals surface area (Å²) >= 11 is 1.31. The zero-order chi connectivity index (χ0) is 23.8. The number of thiophene rings is 1. The number of aryl methyl sites for hydroxylation is 2. The van der Waals surface area contributed by atoms with Crippen LogP contribution in [0.1, 0.15) is 37.1 Å². The number of ether oxygens (including phenoxy) is 1. The van der Waals surface area contributed by atoms with Crippen molar-refractivity contribution in [2.45, 2.75) is 20.8 Å². The first-order chi connectivity index (χ1) is 16.4. The molecule has 5 aromatic rings. The lowest BCUT2D eigenvalue weighted by Crippen LogP contribution is -2.14. The van der Waals surface area contributed by atoms with Crippen LogP contribution < -0.4 is 0 Å². The molecule has 7 heteroatoms. The molecule has 0 atom stereocenters. The Morgan fingerprint density at radius 2 is 1.56 bits per heavy atom. The number of fused-ring (bicyclic) bond motifs is 1. The van der Waals surface area contributed by atoms with Crippen molar-refractivity contribution in [1.29, 1.82) is 0 Å². The molecule has 5 rings (SSSR count). The van der Waals surface area contributed by atoms with Crippen LogP contribution in [0.4, 0.5) is 0 Å². The first-order valence-electron chi connectivity index (χ1n) is 10.9. The summed E-state index contributed by atoms with van der Waals surface area (Å²) in [4.78, 5) is 27.0. The molecule has 2 aromatic carbocycles. The number of hydrogen-bond donors (Lipinski definition) is 0. The molecular weight excluding hydrogens is 446 g/mol. The predicted molar refractivity (Wildman–Crippen MR) is 134 cm³/mol. The van der Waals surface area contributed by atoms with Crippen LogP contribution in [-0.2, 0) is 4.74 Å². The van der Waals surface area contributed by atoms with E-state index < -0.39 is 5.97 Å². The van der Waals surface area contributed by atoms with Crippen molar-refractivity contribution in [3.05, 3.63) is 100 Å².